The van der Waals surface area contributed by atoms with Gasteiger partial charge in [0.15, 0.2) is 0 Å². The van der Waals surface area contributed by atoms with Gasteiger partial charge >= 0.3 is 0 Å². The molecule has 5 heteroatoms. The van der Waals surface area contributed by atoms with Crippen LogP contribution in [-0.4, -0.2) is 25.1 Å². The number of H-pyrrole nitrogens is 1. The van der Waals surface area contributed by atoms with Crippen LogP contribution in [0.1, 0.15) is 37.4 Å². The van der Waals surface area contributed by atoms with E-state index in [0.717, 1.165) is 22.6 Å². The molecular formula is C15H15N5. The van der Waals surface area contributed by atoms with Crippen LogP contribution in [0.5, 0.6) is 0 Å². The normalized spacial score (nSPS) is 16.0. The summed E-state index contributed by atoms with van der Waals surface area (Å²) in [6.45, 7) is 0. The molecule has 0 radical (unpaired) electrons. The van der Waals surface area contributed by atoms with Gasteiger partial charge in [0.25, 0.3) is 0 Å². The van der Waals surface area contributed by atoms with Gasteiger partial charge in [0.05, 0.1) is 17.2 Å². The molecule has 0 aliphatic heterocycles. The maximum Gasteiger partial charge on any atom is 0.201 e. The highest BCUT2D eigenvalue weighted by Crippen LogP contribution is 2.32. The van der Waals surface area contributed by atoms with E-state index >= 15 is 0 Å². The van der Waals surface area contributed by atoms with E-state index in [1.54, 1.807) is 6.20 Å². The van der Waals surface area contributed by atoms with E-state index in [1.807, 2.05) is 24.3 Å². The molecule has 0 atom stereocenters. The third-order valence-corrected chi connectivity index (χ3v) is 3.92. The number of fused-ring (bicyclic) bond motifs is 1. The lowest BCUT2D eigenvalue weighted by atomic mass is 10.1. The summed E-state index contributed by atoms with van der Waals surface area (Å²) in [4.78, 5) is 13.6. The monoisotopic (exact) mass is 265 g/mol. The number of rotatable bonds is 2. The maximum absolute atomic E-state index is 4.60. The molecule has 3 aromatic rings. The van der Waals surface area contributed by atoms with Gasteiger partial charge in [0.2, 0.25) is 5.82 Å². The molecule has 1 saturated carbocycles. The molecule has 0 bridgehead atoms. The summed E-state index contributed by atoms with van der Waals surface area (Å²) in [6.07, 6.45) is 6.73. The van der Waals surface area contributed by atoms with Crippen molar-refractivity contribution in [3.8, 4) is 11.5 Å². The minimum absolute atomic E-state index is 0.532. The molecule has 1 aliphatic rings. The van der Waals surface area contributed by atoms with Gasteiger partial charge in [-0.15, -0.1) is 0 Å². The summed E-state index contributed by atoms with van der Waals surface area (Å²) in [5.74, 6) is 2.17. The Kier molecular flexibility index (Phi) is 2.69. The summed E-state index contributed by atoms with van der Waals surface area (Å²) < 4.78 is 0. The highest BCUT2D eigenvalue weighted by Gasteiger charge is 2.21. The Morgan fingerprint density at radius 2 is 1.80 bits per heavy atom. The van der Waals surface area contributed by atoms with E-state index in [4.69, 9.17) is 0 Å². The van der Waals surface area contributed by atoms with Gasteiger partial charge in [-0.05, 0) is 25.0 Å². The van der Waals surface area contributed by atoms with Gasteiger partial charge in [0.1, 0.15) is 11.5 Å². The van der Waals surface area contributed by atoms with Crippen molar-refractivity contribution < 1.29 is 0 Å². The van der Waals surface area contributed by atoms with Crippen LogP contribution in [-0.2, 0) is 0 Å². The second-order valence-corrected chi connectivity index (χ2v) is 5.27. The van der Waals surface area contributed by atoms with Crippen molar-refractivity contribution in [1.82, 2.24) is 25.1 Å². The molecule has 1 aliphatic carbocycles. The molecular weight excluding hydrogens is 250 g/mol. The molecule has 4 rings (SSSR count). The van der Waals surface area contributed by atoms with Crippen molar-refractivity contribution in [2.45, 2.75) is 31.6 Å². The van der Waals surface area contributed by atoms with Gasteiger partial charge in [-0.1, -0.05) is 25.0 Å². The average Bonchev–Trinajstić information content (AvgIpc) is 3.17. The first-order valence-corrected chi connectivity index (χ1v) is 7.04. The number of nitrogens with one attached hydrogen (secondary N) is 1. The molecule has 20 heavy (non-hydrogen) atoms. The molecule has 1 aromatic carbocycles. The number of aromatic nitrogens is 5. The van der Waals surface area contributed by atoms with Crippen molar-refractivity contribution in [3.63, 3.8) is 0 Å². The highest BCUT2D eigenvalue weighted by molar-refractivity contribution is 5.75. The molecule has 0 amide bonds. The highest BCUT2D eigenvalue weighted by atomic mass is 15.2. The number of hydrogen-bond donors (Lipinski definition) is 1. The van der Waals surface area contributed by atoms with E-state index in [2.05, 4.69) is 25.1 Å². The fourth-order valence-electron chi connectivity index (χ4n) is 2.84. The van der Waals surface area contributed by atoms with Crippen LogP contribution in [0, 0.1) is 0 Å². The zero-order chi connectivity index (χ0) is 13.4. The van der Waals surface area contributed by atoms with Crippen molar-refractivity contribution in [3.05, 3.63) is 36.3 Å². The van der Waals surface area contributed by atoms with Gasteiger partial charge < -0.3 is 0 Å². The average molecular weight is 265 g/mol. The number of aromatic amines is 1. The zero-order valence-electron chi connectivity index (χ0n) is 11.1. The van der Waals surface area contributed by atoms with Crippen molar-refractivity contribution >= 4 is 11.0 Å². The Morgan fingerprint density at radius 3 is 2.65 bits per heavy atom. The second kappa shape index (κ2) is 4.67. The first-order valence-electron chi connectivity index (χ1n) is 7.04. The molecule has 2 heterocycles. The molecule has 5 nitrogen and oxygen atoms in total. The summed E-state index contributed by atoms with van der Waals surface area (Å²) in [7, 11) is 0. The van der Waals surface area contributed by atoms with Crippen LogP contribution in [0.3, 0.4) is 0 Å². The maximum atomic E-state index is 4.60. The summed E-state index contributed by atoms with van der Waals surface area (Å²) in [5, 5.41) is 7.36. The smallest absolute Gasteiger partial charge is 0.201 e. The SMILES string of the molecule is c1ccc2nc(-c3n[nH]c(C4CCCC4)n3)cnc2c1. The van der Waals surface area contributed by atoms with E-state index in [-0.39, 0.29) is 0 Å². The van der Waals surface area contributed by atoms with Gasteiger partial charge in [-0.3, -0.25) is 10.1 Å². The largest absolute Gasteiger partial charge is 0.262 e. The topological polar surface area (TPSA) is 67.3 Å². The summed E-state index contributed by atoms with van der Waals surface area (Å²) >= 11 is 0. The van der Waals surface area contributed by atoms with Crippen molar-refractivity contribution in [2.75, 3.05) is 0 Å². The molecule has 1 N–H and O–H groups in total. The zero-order valence-corrected chi connectivity index (χ0v) is 11.1. The quantitative estimate of drug-likeness (QED) is 0.773. The van der Waals surface area contributed by atoms with Gasteiger partial charge in [0, 0.05) is 5.92 Å². The molecule has 0 spiro atoms. The van der Waals surface area contributed by atoms with Gasteiger partial charge in [-0.25, -0.2) is 9.97 Å². The Hall–Kier alpha value is -2.30. The van der Waals surface area contributed by atoms with Crippen LogP contribution in [0.25, 0.3) is 22.6 Å². The van der Waals surface area contributed by atoms with Crippen molar-refractivity contribution in [2.24, 2.45) is 0 Å². The first kappa shape index (κ1) is 11.5. The van der Waals surface area contributed by atoms with E-state index in [1.165, 1.54) is 25.7 Å². The Labute approximate surface area is 116 Å². The van der Waals surface area contributed by atoms with Gasteiger partial charge in [-0.2, -0.15) is 5.10 Å². The molecule has 2 aromatic heterocycles. The lowest BCUT2D eigenvalue weighted by Gasteiger charge is -2.02. The van der Waals surface area contributed by atoms with E-state index in [0.29, 0.717) is 11.7 Å². The number of para-hydroxylation sites is 2. The molecule has 100 valence electrons. The molecule has 1 fully saturated rings. The minimum Gasteiger partial charge on any atom is -0.262 e. The fourth-order valence-corrected chi connectivity index (χ4v) is 2.84. The predicted molar refractivity (Wildman–Crippen MR) is 76.1 cm³/mol. The Balaban J connectivity index is 1.71. The van der Waals surface area contributed by atoms with E-state index in [9.17, 15) is 0 Å². The summed E-state index contributed by atoms with van der Waals surface area (Å²) in [6, 6.07) is 7.83. The second-order valence-electron chi connectivity index (χ2n) is 5.27. The third-order valence-electron chi connectivity index (χ3n) is 3.92. The first-order chi connectivity index (χ1) is 9.90. The third kappa shape index (κ3) is 1.95. The summed E-state index contributed by atoms with van der Waals surface area (Å²) in [5.41, 5.74) is 2.49. The lowest BCUT2D eigenvalue weighted by molar-refractivity contribution is 0.672. The Morgan fingerprint density at radius 1 is 1.00 bits per heavy atom. The minimum atomic E-state index is 0.532. The predicted octanol–water partition coefficient (Wildman–Crippen LogP) is 3.07. The standard InChI is InChI=1S/C15H15N5/c1-2-6-10(5-1)14-18-15(20-19-14)13-9-16-11-7-3-4-8-12(11)17-13/h3-4,7-10H,1-2,5-6H2,(H,18,19,20). The lowest BCUT2D eigenvalue weighted by Crippen LogP contribution is -1.95. The van der Waals surface area contributed by atoms with Crippen LogP contribution >= 0.6 is 0 Å². The molecule has 0 unspecified atom stereocenters. The number of hydrogen-bond acceptors (Lipinski definition) is 4. The molecule has 0 saturated heterocycles. The van der Waals surface area contributed by atoms with Crippen molar-refractivity contribution in [1.29, 1.82) is 0 Å². The van der Waals surface area contributed by atoms with Crippen LogP contribution in [0.2, 0.25) is 0 Å². The van der Waals surface area contributed by atoms with Crippen LogP contribution < -0.4 is 0 Å². The van der Waals surface area contributed by atoms with E-state index < -0.39 is 0 Å². The fraction of sp³-hybridized carbons (Fsp3) is 0.333. The number of benzene rings is 1. The number of nitrogens with zero attached hydrogens (tertiary/aromatic N) is 4. The Bertz CT molecular complexity index is 743. The van der Waals surface area contributed by atoms with Crippen LogP contribution in [0.15, 0.2) is 30.5 Å². The van der Waals surface area contributed by atoms with Crippen LogP contribution in [0.4, 0.5) is 0 Å².